The maximum Gasteiger partial charge on any atom is 0.264 e. The van der Waals surface area contributed by atoms with E-state index < -0.39 is 10.0 Å². The van der Waals surface area contributed by atoms with Gasteiger partial charge in [0, 0.05) is 51.4 Å². The Labute approximate surface area is 250 Å². The lowest BCUT2D eigenvalue weighted by Gasteiger charge is -2.34. The molecule has 1 saturated heterocycles. The zero-order valence-corrected chi connectivity index (χ0v) is 25.3. The van der Waals surface area contributed by atoms with Gasteiger partial charge in [-0.25, -0.2) is 13.4 Å². The van der Waals surface area contributed by atoms with Gasteiger partial charge in [0.2, 0.25) is 0 Å². The topological polar surface area (TPSA) is 95.1 Å². The monoisotopic (exact) mass is 605 g/mol. The Morgan fingerprint density at radius 2 is 1.79 bits per heavy atom. The second-order valence-corrected chi connectivity index (χ2v) is 13.3. The quantitative estimate of drug-likeness (QED) is 0.303. The summed E-state index contributed by atoms with van der Waals surface area (Å²) in [6.07, 6.45) is 1.65. The van der Waals surface area contributed by atoms with Gasteiger partial charge in [0.25, 0.3) is 15.9 Å². The van der Waals surface area contributed by atoms with Crippen molar-refractivity contribution in [3.63, 3.8) is 0 Å². The van der Waals surface area contributed by atoms with Crippen LogP contribution in [-0.4, -0.2) is 76.6 Å². The molecular formula is C31H35N5O4S2. The Balaban J connectivity index is 0.988. The number of amides is 1. The first-order chi connectivity index (χ1) is 20.4. The third-order valence-corrected chi connectivity index (χ3v) is 10.7. The predicted molar refractivity (Wildman–Crippen MR) is 168 cm³/mol. The number of sulfonamides is 1. The largest absolute Gasteiger partial charge is 0.494 e. The Morgan fingerprint density at radius 3 is 2.57 bits per heavy atom. The SMILES string of the molecule is CCOc1ccc2nc(N3CCN(CCNC(=O)c4ccc(S(=O)(=O)N5CCCc6ccccc65)cc4)CC3)sc2c1. The van der Waals surface area contributed by atoms with Gasteiger partial charge in [-0.15, -0.1) is 0 Å². The molecular weight excluding hydrogens is 571 g/mol. The first-order valence-electron chi connectivity index (χ1n) is 14.4. The summed E-state index contributed by atoms with van der Waals surface area (Å²) in [5, 5.41) is 4.01. The molecule has 0 bridgehead atoms. The maximum absolute atomic E-state index is 13.4. The van der Waals surface area contributed by atoms with E-state index in [0.717, 1.165) is 77.9 Å². The Bertz CT molecular complexity index is 1660. The lowest BCUT2D eigenvalue weighted by molar-refractivity contribution is 0.0947. The summed E-state index contributed by atoms with van der Waals surface area (Å²) in [7, 11) is -3.70. The van der Waals surface area contributed by atoms with Crippen molar-refractivity contribution >= 4 is 48.3 Å². The molecule has 4 aromatic rings. The molecule has 1 amide bonds. The number of aryl methyl sites for hydroxylation is 1. The highest BCUT2D eigenvalue weighted by molar-refractivity contribution is 7.92. The number of aromatic nitrogens is 1. The van der Waals surface area contributed by atoms with E-state index in [-0.39, 0.29) is 10.8 Å². The van der Waals surface area contributed by atoms with Crippen molar-refractivity contribution in [1.29, 1.82) is 0 Å². The highest BCUT2D eigenvalue weighted by Gasteiger charge is 2.29. The number of fused-ring (bicyclic) bond motifs is 2. The van der Waals surface area contributed by atoms with Crippen LogP contribution in [0.5, 0.6) is 5.75 Å². The van der Waals surface area contributed by atoms with Crippen LogP contribution >= 0.6 is 11.3 Å². The summed E-state index contributed by atoms with van der Waals surface area (Å²) in [6.45, 7) is 7.88. The Morgan fingerprint density at radius 1 is 1.00 bits per heavy atom. The highest BCUT2D eigenvalue weighted by atomic mass is 32.2. The van der Waals surface area contributed by atoms with Gasteiger partial charge in [-0.3, -0.25) is 14.0 Å². The van der Waals surface area contributed by atoms with Crippen LogP contribution in [0.3, 0.4) is 0 Å². The molecule has 3 aromatic carbocycles. The molecule has 0 saturated carbocycles. The van der Waals surface area contributed by atoms with E-state index in [1.165, 1.54) is 16.4 Å². The molecule has 1 fully saturated rings. The molecule has 220 valence electrons. The number of nitrogens with one attached hydrogen (secondary N) is 1. The predicted octanol–water partition coefficient (Wildman–Crippen LogP) is 4.39. The second-order valence-electron chi connectivity index (χ2n) is 10.5. The summed E-state index contributed by atoms with van der Waals surface area (Å²) in [4.78, 5) is 22.4. The molecule has 2 aliphatic rings. The van der Waals surface area contributed by atoms with Crippen LogP contribution in [0.1, 0.15) is 29.3 Å². The molecule has 3 heterocycles. The number of thiazole rings is 1. The van der Waals surface area contributed by atoms with Crippen molar-refractivity contribution in [1.82, 2.24) is 15.2 Å². The molecule has 1 N–H and O–H groups in total. The number of hydrogen-bond acceptors (Lipinski definition) is 8. The fourth-order valence-electron chi connectivity index (χ4n) is 5.53. The zero-order chi connectivity index (χ0) is 29.1. The van der Waals surface area contributed by atoms with E-state index in [2.05, 4.69) is 21.2 Å². The minimum Gasteiger partial charge on any atom is -0.494 e. The van der Waals surface area contributed by atoms with E-state index in [1.54, 1.807) is 23.5 Å². The van der Waals surface area contributed by atoms with Crippen LogP contribution in [-0.2, 0) is 16.4 Å². The van der Waals surface area contributed by atoms with Gasteiger partial charge in [0.15, 0.2) is 5.13 Å². The average Bonchev–Trinajstić information content (AvgIpc) is 3.45. The van der Waals surface area contributed by atoms with E-state index in [1.807, 2.05) is 43.3 Å². The number of hydrogen-bond donors (Lipinski definition) is 1. The van der Waals surface area contributed by atoms with Gasteiger partial charge in [-0.05, 0) is 73.9 Å². The van der Waals surface area contributed by atoms with E-state index in [9.17, 15) is 13.2 Å². The second kappa shape index (κ2) is 12.3. The Kier molecular flexibility index (Phi) is 8.32. The lowest BCUT2D eigenvalue weighted by Crippen LogP contribution is -2.48. The fraction of sp³-hybridized carbons (Fsp3) is 0.355. The van der Waals surface area contributed by atoms with Crippen molar-refractivity contribution in [2.45, 2.75) is 24.7 Å². The molecule has 1 aromatic heterocycles. The number of para-hydroxylation sites is 1. The number of nitrogens with zero attached hydrogens (tertiary/aromatic N) is 4. The number of carbonyl (C=O) groups is 1. The number of ether oxygens (including phenoxy) is 1. The average molecular weight is 606 g/mol. The number of carbonyl (C=O) groups excluding carboxylic acids is 1. The summed E-state index contributed by atoms with van der Waals surface area (Å²) in [6, 6.07) is 19.9. The van der Waals surface area contributed by atoms with E-state index in [4.69, 9.17) is 9.72 Å². The number of anilines is 2. The van der Waals surface area contributed by atoms with Crippen LogP contribution in [0.2, 0.25) is 0 Å². The Hall–Kier alpha value is -3.67. The van der Waals surface area contributed by atoms with Gasteiger partial charge in [0.1, 0.15) is 5.75 Å². The third-order valence-electron chi connectivity index (χ3n) is 7.79. The number of piperazine rings is 1. The number of benzene rings is 3. The van der Waals surface area contributed by atoms with Crippen LogP contribution in [0.15, 0.2) is 71.6 Å². The molecule has 9 nitrogen and oxygen atoms in total. The van der Waals surface area contributed by atoms with E-state index >= 15 is 0 Å². The van der Waals surface area contributed by atoms with Crippen molar-refractivity contribution in [3.8, 4) is 5.75 Å². The molecule has 6 rings (SSSR count). The lowest BCUT2D eigenvalue weighted by atomic mass is 10.0. The van der Waals surface area contributed by atoms with Crippen LogP contribution in [0.4, 0.5) is 10.8 Å². The molecule has 11 heteroatoms. The normalized spacial score (nSPS) is 15.9. The van der Waals surface area contributed by atoms with Crippen LogP contribution in [0, 0.1) is 0 Å². The summed E-state index contributed by atoms with van der Waals surface area (Å²) in [5.41, 5.74) is 3.22. The smallest absolute Gasteiger partial charge is 0.264 e. The van der Waals surface area contributed by atoms with E-state index in [0.29, 0.717) is 25.3 Å². The first kappa shape index (κ1) is 28.4. The van der Waals surface area contributed by atoms with Crippen LogP contribution < -0.4 is 19.3 Å². The molecule has 0 unspecified atom stereocenters. The molecule has 0 aliphatic carbocycles. The van der Waals surface area contributed by atoms with Gasteiger partial charge in [-0.1, -0.05) is 29.5 Å². The number of rotatable bonds is 9. The van der Waals surface area contributed by atoms with Gasteiger partial charge in [0.05, 0.1) is 27.4 Å². The van der Waals surface area contributed by atoms with Crippen molar-refractivity contribution in [2.75, 3.05) is 61.6 Å². The van der Waals surface area contributed by atoms with Crippen LogP contribution in [0.25, 0.3) is 10.2 Å². The van der Waals surface area contributed by atoms with Gasteiger partial charge >= 0.3 is 0 Å². The van der Waals surface area contributed by atoms with Crippen molar-refractivity contribution in [2.24, 2.45) is 0 Å². The van der Waals surface area contributed by atoms with Crippen molar-refractivity contribution in [3.05, 3.63) is 77.9 Å². The fourth-order valence-corrected chi connectivity index (χ4v) is 8.12. The summed E-state index contributed by atoms with van der Waals surface area (Å²) < 4.78 is 35.0. The van der Waals surface area contributed by atoms with Crippen molar-refractivity contribution < 1.29 is 17.9 Å². The molecule has 42 heavy (non-hydrogen) atoms. The third kappa shape index (κ3) is 5.95. The minimum absolute atomic E-state index is 0.191. The first-order valence-corrected chi connectivity index (χ1v) is 16.7. The van der Waals surface area contributed by atoms with Gasteiger partial charge in [-0.2, -0.15) is 0 Å². The molecule has 0 radical (unpaired) electrons. The molecule has 0 atom stereocenters. The maximum atomic E-state index is 13.4. The standard InChI is InChI=1S/C31H35N5O4S2/c1-2-40-25-11-14-27-29(22-25)41-31(33-27)35-20-18-34(19-21-35)17-15-32-30(37)24-9-12-26(13-10-24)42(38,39)36-16-5-7-23-6-3-4-8-28(23)36/h3-4,6,8-14,22H,2,5,7,15-21H2,1H3,(H,32,37). The molecule has 0 spiro atoms. The minimum atomic E-state index is -3.70. The summed E-state index contributed by atoms with van der Waals surface area (Å²) >= 11 is 1.69. The van der Waals surface area contributed by atoms with Gasteiger partial charge < -0.3 is 15.0 Å². The summed E-state index contributed by atoms with van der Waals surface area (Å²) in [5.74, 6) is 0.665. The molecule has 2 aliphatic heterocycles. The highest BCUT2D eigenvalue weighted by Crippen LogP contribution is 2.33. The zero-order valence-electron chi connectivity index (χ0n) is 23.7.